The van der Waals surface area contributed by atoms with E-state index in [1.54, 1.807) is 21.0 Å². The van der Waals surface area contributed by atoms with Gasteiger partial charge >= 0.3 is 0 Å². The first-order valence-corrected chi connectivity index (χ1v) is 9.70. The van der Waals surface area contributed by atoms with Crippen molar-refractivity contribution in [1.29, 1.82) is 0 Å². The van der Waals surface area contributed by atoms with E-state index in [2.05, 4.69) is 0 Å². The number of pyridine rings is 1. The molecule has 0 unspecified atom stereocenters. The van der Waals surface area contributed by atoms with Gasteiger partial charge in [0.05, 0.1) is 12.0 Å². The van der Waals surface area contributed by atoms with Crippen LogP contribution >= 0.6 is 0 Å². The molecule has 25 heavy (non-hydrogen) atoms. The van der Waals surface area contributed by atoms with Crippen molar-refractivity contribution in [3.05, 3.63) is 58.5 Å². The van der Waals surface area contributed by atoms with Crippen LogP contribution in [0.25, 0.3) is 0 Å². The fourth-order valence-corrected chi connectivity index (χ4v) is 4.07. The van der Waals surface area contributed by atoms with Gasteiger partial charge in [0.15, 0.2) is 0 Å². The smallest absolute Gasteiger partial charge is 0.250 e. The molecule has 0 aliphatic rings. The lowest BCUT2D eigenvalue weighted by atomic mass is 10.1. The first-order chi connectivity index (χ1) is 11.9. The van der Waals surface area contributed by atoms with Gasteiger partial charge in [-0.3, -0.25) is 4.79 Å². The lowest BCUT2D eigenvalue weighted by Gasteiger charge is -2.19. The fraction of sp³-hybridized carbons (Fsp3) is 0.389. The van der Waals surface area contributed by atoms with Crippen LogP contribution in [0.3, 0.4) is 0 Å². The topological polar surface area (TPSA) is 68.6 Å². The lowest BCUT2D eigenvalue weighted by molar-refractivity contribution is 0.414. The Balaban J connectivity index is 2.22. The molecule has 1 heterocycles. The summed E-state index contributed by atoms with van der Waals surface area (Å²) in [6.07, 6.45) is 2.05. The molecule has 0 saturated heterocycles. The van der Waals surface area contributed by atoms with E-state index < -0.39 is 10.0 Å². The van der Waals surface area contributed by atoms with Gasteiger partial charge in [-0.25, -0.2) is 8.42 Å². The molecule has 0 radical (unpaired) electrons. The molecule has 0 N–H and O–H groups in total. The highest BCUT2D eigenvalue weighted by atomic mass is 32.2. The Morgan fingerprint density at radius 3 is 2.24 bits per heavy atom. The van der Waals surface area contributed by atoms with Crippen LogP contribution in [0.2, 0.25) is 0 Å². The summed E-state index contributed by atoms with van der Waals surface area (Å²) in [4.78, 5) is 12.2. The summed E-state index contributed by atoms with van der Waals surface area (Å²) in [5.41, 5.74) is 0.830. The van der Waals surface area contributed by atoms with E-state index in [4.69, 9.17) is 4.74 Å². The Labute approximate surface area is 148 Å². The SMILES string of the molecule is CCN(CC)S(=O)(=O)c1ccc(=O)n(CCc2ccc(OC)cc2)c1. The van der Waals surface area contributed by atoms with E-state index in [-0.39, 0.29) is 10.5 Å². The molecule has 1 aromatic heterocycles. The molecular formula is C18H24N2O4S. The minimum Gasteiger partial charge on any atom is -0.497 e. The quantitative estimate of drug-likeness (QED) is 0.720. The van der Waals surface area contributed by atoms with Crippen LogP contribution < -0.4 is 10.3 Å². The average molecular weight is 364 g/mol. The van der Waals surface area contributed by atoms with E-state index in [1.807, 2.05) is 24.3 Å². The third kappa shape index (κ3) is 4.49. The zero-order valence-electron chi connectivity index (χ0n) is 14.8. The highest BCUT2D eigenvalue weighted by molar-refractivity contribution is 7.89. The largest absolute Gasteiger partial charge is 0.497 e. The van der Waals surface area contributed by atoms with Crippen LogP contribution in [0, 0.1) is 0 Å². The number of methoxy groups -OCH3 is 1. The summed E-state index contributed by atoms with van der Waals surface area (Å²) in [6.45, 7) is 4.78. The van der Waals surface area contributed by atoms with Gasteiger partial charge in [0.25, 0.3) is 5.56 Å². The Hall–Kier alpha value is -2.12. The van der Waals surface area contributed by atoms with Gasteiger partial charge in [-0.15, -0.1) is 0 Å². The van der Waals surface area contributed by atoms with Gasteiger partial charge in [-0.05, 0) is 30.2 Å². The third-order valence-corrected chi connectivity index (χ3v) is 6.13. The minimum absolute atomic E-state index is 0.144. The zero-order chi connectivity index (χ0) is 18.4. The molecule has 0 aliphatic heterocycles. The summed E-state index contributed by atoms with van der Waals surface area (Å²) >= 11 is 0. The molecule has 0 amide bonds. The van der Waals surface area contributed by atoms with Gasteiger partial charge in [0, 0.05) is 31.9 Å². The van der Waals surface area contributed by atoms with Crippen LogP contribution in [0.4, 0.5) is 0 Å². The maximum Gasteiger partial charge on any atom is 0.250 e. The number of ether oxygens (including phenoxy) is 1. The van der Waals surface area contributed by atoms with Crippen LogP contribution in [0.5, 0.6) is 5.75 Å². The van der Waals surface area contributed by atoms with Crippen molar-refractivity contribution in [2.75, 3.05) is 20.2 Å². The van der Waals surface area contributed by atoms with Crippen LogP contribution in [0.1, 0.15) is 19.4 Å². The second kappa shape index (κ2) is 8.31. The number of nitrogens with zero attached hydrogens (tertiary/aromatic N) is 2. The van der Waals surface area contributed by atoms with Gasteiger partial charge < -0.3 is 9.30 Å². The Kier molecular flexibility index (Phi) is 6.39. The standard InChI is InChI=1S/C18H24N2O4S/c1-4-20(5-2)25(22,23)17-10-11-18(21)19(14-17)13-12-15-6-8-16(24-3)9-7-15/h6-11,14H,4-5,12-13H2,1-3H3. The van der Waals surface area contributed by atoms with Crippen LogP contribution in [-0.2, 0) is 23.0 Å². The number of sulfonamides is 1. The highest BCUT2D eigenvalue weighted by Crippen LogP contribution is 2.15. The summed E-state index contributed by atoms with van der Waals surface area (Å²) in [5, 5.41) is 0. The van der Waals surface area contributed by atoms with Crippen molar-refractivity contribution in [3.63, 3.8) is 0 Å². The molecule has 7 heteroatoms. The van der Waals surface area contributed by atoms with Gasteiger partial charge in [0.2, 0.25) is 10.0 Å². The van der Waals surface area contributed by atoms with E-state index in [9.17, 15) is 13.2 Å². The maximum absolute atomic E-state index is 12.6. The number of benzene rings is 1. The predicted octanol–water partition coefficient (Wildman–Crippen LogP) is 2.13. The van der Waals surface area contributed by atoms with Crippen LogP contribution in [-0.4, -0.2) is 37.5 Å². The van der Waals surface area contributed by atoms with Crippen molar-refractivity contribution >= 4 is 10.0 Å². The molecule has 0 aliphatic carbocycles. The molecule has 6 nitrogen and oxygen atoms in total. The number of hydrogen-bond acceptors (Lipinski definition) is 4. The molecule has 136 valence electrons. The molecule has 0 fully saturated rings. The average Bonchev–Trinajstić information content (AvgIpc) is 2.62. The van der Waals surface area contributed by atoms with Crippen LogP contribution in [0.15, 0.2) is 52.3 Å². The third-order valence-electron chi connectivity index (χ3n) is 4.10. The molecule has 2 aromatic rings. The highest BCUT2D eigenvalue weighted by Gasteiger charge is 2.22. The normalized spacial score (nSPS) is 11.7. The lowest BCUT2D eigenvalue weighted by Crippen LogP contribution is -2.32. The number of rotatable bonds is 8. The molecule has 2 rings (SSSR count). The summed E-state index contributed by atoms with van der Waals surface area (Å²) < 4.78 is 33.1. The summed E-state index contributed by atoms with van der Waals surface area (Å²) in [5.74, 6) is 0.772. The summed E-state index contributed by atoms with van der Waals surface area (Å²) in [7, 11) is -1.97. The Bertz CT molecular complexity index is 853. The first-order valence-electron chi connectivity index (χ1n) is 8.26. The van der Waals surface area contributed by atoms with Crippen molar-refractivity contribution < 1.29 is 13.2 Å². The molecule has 0 atom stereocenters. The van der Waals surface area contributed by atoms with E-state index in [0.717, 1.165) is 11.3 Å². The van der Waals surface area contributed by atoms with Crippen molar-refractivity contribution in [2.45, 2.75) is 31.7 Å². The number of hydrogen-bond donors (Lipinski definition) is 0. The van der Waals surface area contributed by atoms with Crippen molar-refractivity contribution in [1.82, 2.24) is 8.87 Å². The fourth-order valence-electron chi connectivity index (χ4n) is 2.59. The molecule has 0 spiro atoms. The second-order valence-electron chi connectivity index (χ2n) is 5.58. The van der Waals surface area contributed by atoms with Gasteiger partial charge in [0.1, 0.15) is 5.75 Å². The first kappa shape index (κ1) is 19.2. The van der Waals surface area contributed by atoms with E-state index >= 15 is 0 Å². The Morgan fingerprint density at radius 1 is 1.04 bits per heavy atom. The monoisotopic (exact) mass is 364 g/mol. The van der Waals surface area contributed by atoms with Crippen molar-refractivity contribution in [2.24, 2.45) is 0 Å². The van der Waals surface area contributed by atoms with Crippen molar-refractivity contribution in [3.8, 4) is 5.75 Å². The molecule has 0 bridgehead atoms. The molecular weight excluding hydrogens is 340 g/mol. The molecule has 1 aromatic carbocycles. The number of aromatic nitrogens is 1. The second-order valence-corrected chi connectivity index (χ2v) is 7.52. The summed E-state index contributed by atoms with van der Waals surface area (Å²) in [6, 6.07) is 10.3. The van der Waals surface area contributed by atoms with Gasteiger partial charge in [-0.2, -0.15) is 4.31 Å². The predicted molar refractivity (Wildman–Crippen MR) is 97.5 cm³/mol. The van der Waals surface area contributed by atoms with E-state index in [0.29, 0.717) is 26.1 Å². The zero-order valence-corrected chi connectivity index (χ0v) is 15.6. The minimum atomic E-state index is -3.58. The van der Waals surface area contributed by atoms with Gasteiger partial charge in [-0.1, -0.05) is 26.0 Å². The Morgan fingerprint density at radius 2 is 1.68 bits per heavy atom. The number of aryl methyl sites for hydroxylation is 2. The van der Waals surface area contributed by atoms with E-state index in [1.165, 1.54) is 27.2 Å². The molecule has 0 saturated carbocycles. The maximum atomic E-state index is 12.6.